The predicted octanol–water partition coefficient (Wildman–Crippen LogP) is 3.23. The predicted molar refractivity (Wildman–Crippen MR) is 70.5 cm³/mol. The molecule has 4 nitrogen and oxygen atoms in total. The van der Waals surface area contributed by atoms with Crippen LogP contribution in [0.4, 0.5) is 4.79 Å². The largest absolute Gasteiger partial charge is 0.448 e. The van der Waals surface area contributed by atoms with E-state index >= 15 is 0 Å². The molecule has 18 heavy (non-hydrogen) atoms. The summed E-state index contributed by atoms with van der Waals surface area (Å²) in [6.45, 7) is 4.32. The Labute approximate surface area is 106 Å². The average Bonchev–Trinajstić information content (AvgIpc) is 2.80. The maximum atomic E-state index is 11.9. The lowest BCUT2D eigenvalue weighted by molar-refractivity contribution is 0.139. The molecule has 0 spiro atoms. The van der Waals surface area contributed by atoms with E-state index in [1.165, 1.54) is 10.9 Å². The van der Waals surface area contributed by atoms with E-state index in [1.807, 2.05) is 50.3 Å². The highest BCUT2D eigenvalue weighted by molar-refractivity contribution is 5.86. The molecule has 2 rings (SSSR count). The van der Waals surface area contributed by atoms with Gasteiger partial charge in [0.2, 0.25) is 0 Å². The first kappa shape index (κ1) is 12.4. The highest BCUT2D eigenvalue weighted by Gasteiger charge is 2.11. The summed E-state index contributed by atoms with van der Waals surface area (Å²) in [5.41, 5.74) is 1.55. The number of hydrogen-bond acceptors (Lipinski definition) is 3. The Kier molecular flexibility index (Phi) is 3.77. The fourth-order valence-corrected chi connectivity index (χ4v) is 1.76. The second-order valence-corrected chi connectivity index (χ2v) is 4.18. The van der Waals surface area contributed by atoms with Crippen molar-refractivity contribution < 1.29 is 9.53 Å². The van der Waals surface area contributed by atoms with Gasteiger partial charge in [0.15, 0.2) is 0 Å². The third-order valence-corrected chi connectivity index (χ3v) is 2.64. The van der Waals surface area contributed by atoms with Crippen molar-refractivity contribution in [2.75, 3.05) is 6.61 Å². The third-order valence-electron chi connectivity index (χ3n) is 2.64. The number of benzene rings is 1. The smallest absolute Gasteiger partial charge is 0.419 e. The second kappa shape index (κ2) is 5.49. The molecule has 0 amide bonds. The number of rotatable bonds is 3. The van der Waals surface area contributed by atoms with Crippen molar-refractivity contribution in [3.63, 3.8) is 0 Å². The molecule has 1 heterocycles. The summed E-state index contributed by atoms with van der Waals surface area (Å²) in [7, 11) is 0. The van der Waals surface area contributed by atoms with E-state index in [4.69, 9.17) is 4.74 Å². The first-order valence-corrected chi connectivity index (χ1v) is 5.94. The van der Waals surface area contributed by atoms with Gasteiger partial charge in [-0.15, -0.1) is 0 Å². The van der Waals surface area contributed by atoms with Crippen LogP contribution in [0.1, 0.15) is 13.8 Å². The van der Waals surface area contributed by atoms with E-state index in [-0.39, 0.29) is 12.0 Å². The van der Waals surface area contributed by atoms with Crippen LogP contribution in [0.15, 0.2) is 42.7 Å². The first-order chi connectivity index (χ1) is 8.72. The number of ether oxygens (including phenoxy) is 1. The molecule has 2 aromatic rings. The molecule has 1 aromatic carbocycles. The van der Waals surface area contributed by atoms with Gasteiger partial charge >= 0.3 is 6.09 Å². The van der Waals surface area contributed by atoms with Gasteiger partial charge in [-0.3, -0.25) is 0 Å². The lowest BCUT2D eigenvalue weighted by atomic mass is 10.2. The van der Waals surface area contributed by atoms with Crippen molar-refractivity contribution in [2.45, 2.75) is 13.8 Å². The molecule has 1 atom stereocenters. The number of carbonyl (C=O) groups is 1. The van der Waals surface area contributed by atoms with E-state index < -0.39 is 0 Å². The van der Waals surface area contributed by atoms with Gasteiger partial charge in [-0.1, -0.05) is 31.2 Å². The number of fused-ring (bicyclic) bond motifs is 1. The Morgan fingerprint density at radius 3 is 3.06 bits per heavy atom. The zero-order valence-corrected chi connectivity index (χ0v) is 10.5. The average molecular weight is 244 g/mol. The van der Waals surface area contributed by atoms with Crippen LogP contribution in [-0.4, -0.2) is 22.3 Å². The summed E-state index contributed by atoms with van der Waals surface area (Å²) in [6, 6.07) is 7.47. The summed E-state index contributed by atoms with van der Waals surface area (Å²) < 4.78 is 6.67. The summed E-state index contributed by atoms with van der Waals surface area (Å²) in [5, 5.41) is 0. The Balaban J connectivity index is 2.09. The Hall–Kier alpha value is -2.10. The van der Waals surface area contributed by atoms with Crippen LogP contribution in [0.2, 0.25) is 0 Å². The maximum absolute atomic E-state index is 11.9. The van der Waals surface area contributed by atoms with Crippen LogP contribution in [0.25, 0.3) is 11.0 Å². The summed E-state index contributed by atoms with van der Waals surface area (Å²) in [4.78, 5) is 16.1. The van der Waals surface area contributed by atoms with E-state index in [1.54, 1.807) is 0 Å². The van der Waals surface area contributed by atoms with Crippen LogP contribution in [0, 0.1) is 5.92 Å². The lowest BCUT2D eigenvalue weighted by Gasteiger charge is -2.08. The van der Waals surface area contributed by atoms with Crippen LogP contribution in [-0.2, 0) is 4.74 Å². The van der Waals surface area contributed by atoms with Gasteiger partial charge in [0, 0.05) is 5.92 Å². The number of hydrogen-bond donors (Lipinski definition) is 0. The standard InChI is InChI=1S/C14H16N2O2/c1-3-6-11(2)9-18-14(17)16-10-15-12-7-4-5-8-13(12)16/h3-8,10-11H,9H2,1-2H3. The monoisotopic (exact) mass is 244 g/mol. The normalized spacial score (nSPS) is 13.0. The van der Waals surface area contributed by atoms with Gasteiger partial charge in [0.05, 0.1) is 17.6 Å². The number of aromatic nitrogens is 2. The maximum Gasteiger partial charge on any atom is 0.419 e. The quantitative estimate of drug-likeness (QED) is 0.778. The molecule has 0 aliphatic carbocycles. The number of nitrogens with zero attached hydrogens (tertiary/aromatic N) is 2. The minimum atomic E-state index is -0.389. The summed E-state index contributed by atoms with van der Waals surface area (Å²) in [5.74, 6) is 0.216. The van der Waals surface area contributed by atoms with Crippen molar-refractivity contribution in [3.05, 3.63) is 42.7 Å². The van der Waals surface area contributed by atoms with Gasteiger partial charge in [-0.05, 0) is 19.1 Å². The van der Waals surface area contributed by atoms with Crippen molar-refractivity contribution in [1.29, 1.82) is 0 Å². The highest BCUT2D eigenvalue weighted by Crippen LogP contribution is 2.12. The zero-order valence-electron chi connectivity index (χ0n) is 10.5. The van der Waals surface area contributed by atoms with E-state index in [9.17, 15) is 4.79 Å². The molecule has 94 valence electrons. The zero-order chi connectivity index (χ0) is 13.0. The van der Waals surface area contributed by atoms with Gasteiger partial charge in [0.1, 0.15) is 6.33 Å². The first-order valence-electron chi connectivity index (χ1n) is 5.94. The lowest BCUT2D eigenvalue weighted by Crippen LogP contribution is -2.16. The molecule has 0 saturated heterocycles. The van der Waals surface area contributed by atoms with Crippen molar-refractivity contribution in [2.24, 2.45) is 5.92 Å². The topological polar surface area (TPSA) is 44.1 Å². The van der Waals surface area contributed by atoms with Crippen LogP contribution >= 0.6 is 0 Å². The van der Waals surface area contributed by atoms with E-state index in [0.717, 1.165) is 11.0 Å². The molecule has 1 aromatic heterocycles. The number of para-hydroxylation sites is 2. The molecule has 0 fully saturated rings. The van der Waals surface area contributed by atoms with Gasteiger partial charge in [0.25, 0.3) is 0 Å². The number of carbonyl (C=O) groups excluding carboxylic acids is 1. The Bertz CT molecular complexity index is 572. The van der Waals surface area contributed by atoms with E-state index in [2.05, 4.69) is 4.98 Å². The number of allylic oxidation sites excluding steroid dienone is 1. The summed E-state index contributed by atoms with van der Waals surface area (Å²) >= 11 is 0. The summed E-state index contributed by atoms with van der Waals surface area (Å²) in [6.07, 6.45) is 5.05. The minimum Gasteiger partial charge on any atom is -0.448 e. The third kappa shape index (κ3) is 2.59. The Morgan fingerprint density at radius 1 is 1.50 bits per heavy atom. The molecule has 0 N–H and O–H groups in total. The molecule has 0 aliphatic heterocycles. The van der Waals surface area contributed by atoms with Gasteiger partial charge in [-0.2, -0.15) is 0 Å². The molecule has 1 unspecified atom stereocenters. The van der Waals surface area contributed by atoms with Crippen molar-refractivity contribution in [1.82, 2.24) is 9.55 Å². The molecule has 4 heteroatoms. The second-order valence-electron chi connectivity index (χ2n) is 4.18. The van der Waals surface area contributed by atoms with Crippen LogP contribution in [0.5, 0.6) is 0 Å². The number of imidazole rings is 1. The molecule has 0 aliphatic rings. The molecular formula is C14H16N2O2. The fraction of sp³-hybridized carbons (Fsp3) is 0.286. The molecule has 0 bridgehead atoms. The highest BCUT2D eigenvalue weighted by atomic mass is 16.5. The van der Waals surface area contributed by atoms with Gasteiger partial charge in [-0.25, -0.2) is 14.3 Å². The van der Waals surface area contributed by atoms with Crippen molar-refractivity contribution >= 4 is 17.1 Å². The fourth-order valence-electron chi connectivity index (χ4n) is 1.76. The van der Waals surface area contributed by atoms with Crippen molar-refractivity contribution in [3.8, 4) is 0 Å². The van der Waals surface area contributed by atoms with E-state index in [0.29, 0.717) is 6.61 Å². The molecule has 0 radical (unpaired) electrons. The molecule has 0 saturated carbocycles. The molecular weight excluding hydrogens is 228 g/mol. The van der Waals surface area contributed by atoms with Crippen LogP contribution in [0.3, 0.4) is 0 Å². The SMILES string of the molecule is CC=CC(C)COC(=O)n1cnc2ccccc21. The van der Waals surface area contributed by atoms with Crippen LogP contribution < -0.4 is 0 Å². The minimum absolute atomic E-state index is 0.216. The van der Waals surface area contributed by atoms with Gasteiger partial charge < -0.3 is 4.74 Å². The Morgan fingerprint density at radius 2 is 2.28 bits per heavy atom.